The number of nitrogens with one attached hydrogen (secondary N) is 1. The molecule has 2 heterocycles. The van der Waals surface area contributed by atoms with Crippen molar-refractivity contribution in [2.45, 2.75) is 23.3 Å². The summed E-state index contributed by atoms with van der Waals surface area (Å²) in [6.45, 7) is -0.121. The monoisotopic (exact) mass is 482 g/mol. The van der Waals surface area contributed by atoms with Gasteiger partial charge < -0.3 is 10.1 Å². The molecule has 3 aromatic rings. The molecule has 0 aromatic heterocycles. The Balaban J connectivity index is 1.66. The highest BCUT2D eigenvalue weighted by atomic mass is 32.2. The molecule has 34 heavy (non-hydrogen) atoms. The van der Waals surface area contributed by atoms with Crippen LogP contribution in [-0.4, -0.2) is 18.1 Å². The van der Waals surface area contributed by atoms with Crippen LogP contribution in [0, 0.1) is 0 Å². The fourth-order valence-corrected chi connectivity index (χ4v) is 5.30. The zero-order valence-electron chi connectivity index (χ0n) is 17.5. The number of anilines is 1. The third kappa shape index (κ3) is 3.43. The zero-order chi connectivity index (χ0) is 23.9. The maximum absolute atomic E-state index is 14.9. The molecule has 5 rings (SSSR count). The van der Waals surface area contributed by atoms with Gasteiger partial charge >= 0.3 is 12.1 Å². The van der Waals surface area contributed by atoms with Gasteiger partial charge in [-0.15, -0.1) is 0 Å². The van der Waals surface area contributed by atoms with E-state index in [9.17, 15) is 22.8 Å². The van der Waals surface area contributed by atoms with Crippen LogP contribution in [0.4, 0.5) is 18.9 Å². The second kappa shape index (κ2) is 8.25. The van der Waals surface area contributed by atoms with E-state index in [1.165, 1.54) is 30.3 Å². The molecular weight excluding hydrogens is 465 g/mol. The predicted octanol–water partition coefficient (Wildman–Crippen LogP) is 5.10. The molecule has 0 fully saturated rings. The average molecular weight is 482 g/mol. The van der Waals surface area contributed by atoms with Crippen LogP contribution in [0.15, 0.2) is 100 Å². The Morgan fingerprint density at radius 2 is 1.56 bits per heavy atom. The fraction of sp³-hybridized carbons (Fsp3) is 0.120. The first kappa shape index (κ1) is 22.1. The van der Waals surface area contributed by atoms with E-state index in [0.717, 1.165) is 16.7 Å². The van der Waals surface area contributed by atoms with E-state index in [1.54, 1.807) is 54.6 Å². The lowest BCUT2D eigenvalue weighted by molar-refractivity contribution is -0.202. The highest BCUT2D eigenvalue weighted by Crippen LogP contribution is 2.57. The molecule has 3 aromatic carbocycles. The lowest BCUT2D eigenvalue weighted by Crippen LogP contribution is -2.68. The standard InChI is InChI=1S/C25H17F3N2O3S/c26-25(27,28)24(17-11-5-2-6-12-17)29-21(31)20(23(32)33-15-16-9-3-1-4-10-16)22-30(24)18-13-7-8-14-19(18)34-22/h1-14H,15H2,(H,29,31)/t24-/m1/s1. The molecule has 0 bridgehead atoms. The maximum atomic E-state index is 14.9. The molecule has 2 aliphatic heterocycles. The topological polar surface area (TPSA) is 58.6 Å². The number of halogens is 3. The number of thioether (sulfide) groups is 1. The third-order valence-corrected chi connectivity index (χ3v) is 6.75. The Morgan fingerprint density at radius 1 is 0.941 bits per heavy atom. The summed E-state index contributed by atoms with van der Waals surface area (Å²) in [5.41, 5.74) is -2.62. The number of amides is 1. The van der Waals surface area contributed by atoms with Crippen LogP contribution in [0.3, 0.4) is 0 Å². The van der Waals surface area contributed by atoms with Crippen molar-refractivity contribution in [1.82, 2.24) is 5.32 Å². The summed E-state index contributed by atoms with van der Waals surface area (Å²) in [6, 6.07) is 22.4. The number of benzene rings is 3. The van der Waals surface area contributed by atoms with Gasteiger partial charge in [-0.05, 0) is 17.7 Å². The molecule has 0 spiro atoms. The number of nitrogens with zero attached hydrogens (tertiary/aromatic N) is 1. The molecule has 1 amide bonds. The first-order valence-electron chi connectivity index (χ1n) is 10.3. The minimum Gasteiger partial charge on any atom is -0.457 e. The first-order valence-corrected chi connectivity index (χ1v) is 11.1. The highest BCUT2D eigenvalue weighted by Gasteiger charge is 2.66. The number of ether oxygens (including phenoxy) is 1. The number of hydrogen-bond acceptors (Lipinski definition) is 5. The Bertz CT molecular complexity index is 1300. The highest BCUT2D eigenvalue weighted by molar-refractivity contribution is 8.03. The van der Waals surface area contributed by atoms with Crippen LogP contribution in [-0.2, 0) is 26.6 Å². The van der Waals surface area contributed by atoms with E-state index in [-0.39, 0.29) is 22.9 Å². The van der Waals surface area contributed by atoms with Gasteiger partial charge in [0.25, 0.3) is 5.91 Å². The van der Waals surface area contributed by atoms with Gasteiger partial charge in [0.05, 0.1) is 5.69 Å². The van der Waals surface area contributed by atoms with Crippen molar-refractivity contribution in [1.29, 1.82) is 0 Å². The Morgan fingerprint density at radius 3 is 2.24 bits per heavy atom. The van der Waals surface area contributed by atoms with E-state index >= 15 is 0 Å². The largest absolute Gasteiger partial charge is 0.457 e. The summed E-state index contributed by atoms with van der Waals surface area (Å²) in [5.74, 6) is -2.14. The second-order valence-corrected chi connectivity index (χ2v) is 8.71. The predicted molar refractivity (Wildman–Crippen MR) is 120 cm³/mol. The number of carbonyl (C=O) groups is 2. The van der Waals surface area contributed by atoms with Gasteiger partial charge in [0.15, 0.2) is 5.57 Å². The normalized spacial score (nSPS) is 19.4. The van der Waals surface area contributed by atoms with Crippen molar-refractivity contribution in [3.05, 3.63) is 107 Å². The second-order valence-electron chi connectivity index (χ2n) is 7.68. The van der Waals surface area contributed by atoms with E-state index in [4.69, 9.17) is 4.74 Å². The average Bonchev–Trinajstić information content (AvgIpc) is 3.22. The molecule has 9 heteroatoms. The summed E-state index contributed by atoms with van der Waals surface area (Å²) >= 11 is 0.939. The molecule has 1 atom stereocenters. The van der Waals surface area contributed by atoms with Gasteiger partial charge in [0.1, 0.15) is 11.6 Å². The number of rotatable bonds is 4. The number of alkyl halides is 3. The van der Waals surface area contributed by atoms with E-state index in [1.807, 2.05) is 0 Å². The zero-order valence-corrected chi connectivity index (χ0v) is 18.3. The summed E-state index contributed by atoms with van der Waals surface area (Å²) in [6.07, 6.45) is -4.92. The minimum atomic E-state index is -4.92. The molecule has 172 valence electrons. The Kier molecular flexibility index (Phi) is 5.36. The van der Waals surface area contributed by atoms with Gasteiger partial charge in [-0.3, -0.25) is 9.69 Å². The minimum absolute atomic E-state index is 0.121. The van der Waals surface area contributed by atoms with Gasteiger partial charge in [-0.25, -0.2) is 4.79 Å². The summed E-state index contributed by atoms with van der Waals surface area (Å²) < 4.78 is 50.0. The number of esters is 1. The number of para-hydroxylation sites is 1. The summed E-state index contributed by atoms with van der Waals surface area (Å²) in [4.78, 5) is 27.7. The summed E-state index contributed by atoms with van der Waals surface area (Å²) in [5, 5.41) is 2.00. The number of carbonyl (C=O) groups excluding carboxylic acids is 2. The molecule has 2 aliphatic rings. The van der Waals surface area contributed by atoms with Crippen LogP contribution < -0.4 is 10.2 Å². The van der Waals surface area contributed by atoms with Gasteiger partial charge in [-0.1, -0.05) is 84.6 Å². The fourth-order valence-electron chi connectivity index (χ4n) is 4.08. The number of hydrogen-bond donors (Lipinski definition) is 1. The lowest BCUT2D eigenvalue weighted by Gasteiger charge is -2.47. The molecule has 0 saturated carbocycles. The molecular formula is C25H17F3N2O3S. The Labute approximate surface area is 197 Å². The van der Waals surface area contributed by atoms with Crippen molar-refractivity contribution in [3.63, 3.8) is 0 Å². The van der Waals surface area contributed by atoms with E-state index in [0.29, 0.717) is 10.5 Å². The maximum Gasteiger partial charge on any atom is 0.435 e. The van der Waals surface area contributed by atoms with Crippen molar-refractivity contribution in [2.24, 2.45) is 0 Å². The molecule has 5 nitrogen and oxygen atoms in total. The number of fused-ring (bicyclic) bond motifs is 3. The molecule has 0 radical (unpaired) electrons. The summed E-state index contributed by atoms with van der Waals surface area (Å²) in [7, 11) is 0. The van der Waals surface area contributed by atoms with Crippen LogP contribution in [0.1, 0.15) is 11.1 Å². The lowest BCUT2D eigenvalue weighted by atomic mass is 9.92. The third-order valence-electron chi connectivity index (χ3n) is 5.61. The quantitative estimate of drug-likeness (QED) is 0.414. The SMILES string of the molecule is O=C1N[C@@](c2ccccc2)(C(F)(F)F)N2C(=C1C(=O)OCc1ccccc1)Sc1ccccc12. The van der Waals surface area contributed by atoms with Crippen LogP contribution in [0.2, 0.25) is 0 Å². The molecule has 0 saturated heterocycles. The first-order chi connectivity index (χ1) is 16.3. The van der Waals surface area contributed by atoms with Crippen molar-refractivity contribution in [2.75, 3.05) is 4.90 Å². The molecule has 0 aliphatic carbocycles. The van der Waals surface area contributed by atoms with Gasteiger partial charge in [0, 0.05) is 10.5 Å². The van der Waals surface area contributed by atoms with E-state index in [2.05, 4.69) is 5.32 Å². The van der Waals surface area contributed by atoms with Crippen LogP contribution in [0.25, 0.3) is 0 Å². The van der Waals surface area contributed by atoms with Gasteiger partial charge in [0.2, 0.25) is 5.66 Å². The smallest absolute Gasteiger partial charge is 0.435 e. The van der Waals surface area contributed by atoms with Crippen molar-refractivity contribution >= 4 is 29.3 Å². The van der Waals surface area contributed by atoms with Crippen LogP contribution >= 0.6 is 11.8 Å². The van der Waals surface area contributed by atoms with E-state index < -0.39 is 29.3 Å². The van der Waals surface area contributed by atoms with Crippen molar-refractivity contribution < 1.29 is 27.5 Å². The van der Waals surface area contributed by atoms with Crippen molar-refractivity contribution in [3.8, 4) is 0 Å². The molecule has 1 N–H and O–H groups in total. The Hall–Kier alpha value is -3.72. The molecule has 0 unspecified atom stereocenters. The van der Waals surface area contributed by atoms with Crippen LogP contribution in [0.5, 0.6) is 0 Å². The van der Waals surface area contributed by atoms with Gasteiger partial charge in [-0.2, -0.15) is 13.2 Å².